The Balaban J connectivity index is 2.75. The summed E-state index contributed by atoms with van der Waals surface area (Å²) in [4.78, 5) is 25.8. The van der Waals surface area contributed by atoms with Gasteiger partial charge in [0.15, 0.2) is 0 Å². The molecule has 2 rings (SSSR count). The zero-order chi connectivity index (χ0) is 10.3. The van der Waals surface area contributed by atoms with E-state index >= 15 is 0 Å². The summed E-state index contributed by atoms with van der Waals surface area (Å²) in [5.74, 6) is -1.56. The van der Waals surface area contributed by atoms with Crippen LogP contribution in [0.5, 0.6) is 0 Å². The summed E-state index contributed by atoms with van der Waals surface area (Å²) in [6, 6.07) is 2.73. The first kappa shape index (κ1) is 8.43. The van der Waals surface area contributed by atoms with Crippen molar-refractivity contribution in [3.8, 4) is 0 Å². The number of carbonyl (C=O) groups excluding carboxylic acids is 1. The van der Waals surface area contributed by atoms with Crippen molar-refractivity contribution in [2.24, 2.45) is 4.99 Å². The lowest BCUT2D eigenvalue weighted by Gasteiger charge is -2.03. The minimum absolute atomic E-state index is 0.0949. The van der Waals surface area contributed by atoms with Crippen LogP contribution in [0.1, 0.15) is 20.7 Å². The third-order valence-electron chi connectivity index (χ3n) is 1.94. The van der Waals surface area contributed by atoms with Gasteiger partial charge in [0, 0.05) is 5.69 Å². The molecule has 0 bridgehead atoms. The number of anilines is 1. The van der Waals surface area contributed by atoms with Gasteiger partial charge in [0.1, 0.15) is 0 Å². The van der Waals surface area contributed by atoms with Crippen LogP contribution >= 0.6 is 0 Å². The second-order valence-corrected chi connectivity index (χ2v) is 2.89. The van der Waals surface area contributed by atoms with Crippen LogP contribution in [0.4, 0.5) is 11.4 Å². The molecular weight excluding hydrogens is 184 g/mol. The van der Waals surface area contributed by atoms with Crippen LogP contribution in [0, 0.1) is 0 Å². The van der Waals surface area contributed by atoms with Crippen molar-refractivity contribution in [2.75, 3.05) is 5.73 Å². The Hall–Kier alpha value is -2.17. The Kier molecular flexibility index (Phi) is 1.60. The highest BCUT2D eigenvalue weighted by molar-refractivity contribution is 6.41. The molecule has 0 saturated heterocycles. The molecule has 0 amide bonds. The maximum atomic E-state index is 11.2. The van der Waals surface area contributed by atoms with Crippen LogP contribution in [0.15, 0.2) is 17.1 Å². The highest BCUT2D eigenvalue weighted by Crippen LogP contribution is 2.30. The molecule has 1 heterocycles. The molecule has 70 valence electrons. The number of nitrogens with two attached hydrogens (primary N) is 1. The second-order valence-electron chi connectivity index (χ2n) is 2.89. The van der Waals surface area contributed by atoms with Crippen LogP contribution in [-0.4, -0.2) is 23.1 Å². The van der Waals surface area contributed by atoms with Gasteiger partial charge < -0.3 is 10.8 Å². The molecule has 1 aliphatic rings. The van der Waals surface area contributed by atoms with E-state index in [1.165, 1.54) is 12.1 Å². The fourth-order valence-corrected chi connectivity index (χ4v) is 1.37. The molecule has 0 spiro atoms. The monoisotopic (exact) mass is 190 g/mol. The Morgan fingerprint density at radius 1 is 1.43 bits per heavy atom. The third-order valence-corrected chi connectivity index (χ3v) is 1.94. The summed E-state index contributed by atoms with van der Waals surface area (Å²) in [7, 11) is 0. The van der Waals surface area contributed by atoms with Crippen molar-refractivity contribution in [1.29, 1.82) is 0 Å². The molecule has 0 saturated carbocycles. The van der Waals surface area contributed by atoms with Gasteiger partial charge in [-0.3, -0.25) is 9.79 Å². The van der Waals surface area contributed by atoms with Crippen molar-refractivity contribution in [3.05, 3.63) is 23.3 Å². The fraction of sp³-hybridized carbons (Fsp3) is 0. The first-order chi connectivity index (χ1) is 6.59. The summed E-state index contributed by atoms with van der Waals surface area (Å²) in [5, 5.41) is 8.83. The SMILES string of the molecule is Nc1cc2c(c(C(=O)O)c1)C(=O)C=N2. The van der Waals surface area contributed by atoms with Gasteiger partial charge in [-0.2, -0.15) is 0 Å². The molecule has 1 aromatic carbocycles. The van der Waals surface area contributed by atoms with Crippen LogP contribution < -0.4 is 5.73 Å². The van der Waals surface area contributed by atoms with E-state index in [1.807, 2.05) is 0 Å². The van der Waals surface area contributed by atoms with E-state index in [2.05, 4.69) is 4.99 Å². The van der Waals surface area contributed by atoms with E-state index < -0.39 is 11.8 Å². The van der Waals surface area contributed by atoms with E-state index in [0.29, 0.717) is 5.69 Å². The van der Waals surface area contributed by atoms with Crippen molar-refractivity contribution >= 4 is 29.3 Å². The summed E-state index contributed by atoms with van der Waals surface area (Å²) in [6.07, 6.45) is 1.09. The highest BCUT2D eigenvalue weighted by atomic mass is 16.4. The molecule has 5 heteroatoms. The normalized spacial score (nSPS) is 13.0. The maximum absolute atomic E-state index is 11.2. The number of carboxylic acid groups (broad SMARTS) is 1. The number of hydrogen-bond donors (Lipinski definition) is 2. The lowest BCUT2D eigenvalue weighted by molar-refractivity contribution is 0.0693. The van der Waals surface area contributed by atoms with Crippen molar-refractivity contribution in [1.82, 2.24) is 0 Å². The van der Waals surface area contributed by atoms with Gasteiger partial charge in [-0.05, 0) is 12.1 Å². The maximum Gasteiger partial charge on any atom is 0.336 e. The second kappa shape index (κ2) is 2.66. The van der Waals surface area contributed by atoms with Gasteiger partial charge >= 0.3 is 5.97 Å². The predicted octanol–water partition coefficient (Wildman–Crippen LogP) is 0.866. The summed E-state index contributed by atoms with van der Waals surface area (Å²) >= 11 is 0. The number of nitrogens with zero attached hydrogens (tertiary/aromatic N) is 1. The molecule has 3 N–H and O–H groups in total. The number of aromatic carboxylic acids is 1. The van der Waals surface area contributed by atoms with E-state index in [1.54, 1.807) is 0 Å². The predicted molar refractivity (Wildman–Crippen MR) is 50.3 cm³/mol. The molecule has 0 unspecified atom stereocenters. The Morgan fingerprint density at radius 2 is 2.14 bits per heavy atom. The smallest absolute Gasteiger partial charge is 0.336 e. The zero-order valence-electron chi connectivity index (χ0n) is 7.02. The Labute approximate surface area is 78.9 Å². The van der Waals surface area contributed by atoms with Crippen LogP contribution in [0.25, 0.3) is 0 Å². The van der Waals surface area contributed by atoms with Crippen LogP contribution in [0.2, 0.25) is 0 Å². The van der Waals surface area contributed by atoms with Gasteiger partial charge in [0.25, 0.3) is 0 Å². The molecule has 0 aromatic heterocycles. The van der Waals surface area contributed by atoms with Crippen molar-refractivity contribution in [2.45, 2.75) is 0 Å². The lowest BCUT2D eigenvalue weighted by atomic mass is 10.0. The minimum Gasteiger partial charge on any atom is -0.478 e. The minimum atomic E-state index is -1.17. The number of Topliss-reactive ketones (excluding diaryl/α,β-unsaturated/α-hetero) is 1. The van der Waals surface area contributed by atoms with E-state index in [9.17, 15) is 9.59 Å². The molecule has 1 aliphatic heterocycles. The zero-order valence-corrected chi connectivity index (χ0v) is 7.02. The van der Waals surface area contributed by atoms with Gasteiger partial charge in [-0.25, -0.2) is 4.79 Å². The summed E-state index contributed by atoms with van der Waals surface area (Å²) in [6.45, 7) is 0. The van der Waals surface area contributed by atoms with Crippen molar-refractivity contribution < 1.29 is 14.7 Å². The van der Waals surface area contributed by atoms with Crippen molar-refractivity contribution in [3.63, 3.8) is 0 Å². The third kappa shape index (κ3) is 1.06. The van der Waals surface area contributed by atoms with Gasteiger partial charge in [-0.15, -0.1) is 0 Å². The molecule has 5 nitrogen and oxygen atoms in total. The molecule has 14 heavy (non-hydrogen) atoms. The lowest BCUT2D eigenvalue weighted by Crippen LogP contribution is -2.07. The fourth-order valence-electron chi connectivity index (χ4n) is 1.37. The Morgan fingerprint density at radius 3 is 2.79 bits per heavy atom. The number of rotatable bonds is 1. The van der Waals surface area contributed by atoms with Gasteiger partial charge in [0.05, 0.1) is 23.0 Å². The number of benzene rings is 1. The van der Waals surface area contributed by atoms with Gasteiger partial charge in [-0.1, -0.05) is 0 Å². The number of hydrogen-bond acceptors (Lipinski definition) is 4. The molecule has 0 fully saturated rings. The highest BCUT2D eigenvalue weighted by Gasteiger charge is 2.23. The van der Waals surface area contributed by atoms with Crippen LogP contribution in [-0.2, 0) is 0 Å². The number of fused-ring (bicyclic) bond motifs is 1. The van der Waals surface area contributed by atoms with E-state index in [0.717, 1.165) is 6.21 Å². The largest absolute Gasteiger partial charge is 0.478 e. The number of aliphatic imine (C=N–C) groups is 1. The summed E-state index contributed by atoms with van der Waals surface area (Å²) in [5.41, 5.74) is 6.10. The van der Waals surface area contributed by atoms with E-state index in [-0.39, 0.29) is 16.8 Å². The average Bonchev–Trinajstić information content (AvgIpc) is 2.46. The molecule has 0 radical (unpaired) electrons. The molecule has 0 aliphatic carbocycles. The average molecular weight is 190 g/mol. The molecule has 0 atom stereocenters. The number of nitrogen functional groups attached to an aromatic ring is 1. The Bertz CT molecular complexity index is 477. The van der Waals surface area contributed by atoms with Crippen LogP contribution in [0.3, 0.4) is 0 Å². The number of carbonyl (C=O) groups is 2. The van der Waals surface area contributed by atoms with Gasteiger partial charge in [0.2, 0.25) is 5.78 Å². The number of ketones is 1. The first-order valence-electron chi connectivity index (χ1n) is 3.85. The summed E-state index contributed by atoms with van der Waals surface area (Å²) < 4.78 is 0. The molecule has 1 aromatic rings. The topological polar surface area (TPSA) is 92.8 Å². The molecular formula is C9H6N2O3. The number of carboxylic acids is 1. The standard InChI is InChI=1S/C9H6N2O3/c10-4-1-5(9(13)14)8-6(2-4)11-3-7(8)12/h1-3H,10H2,(H,13,14). The quantitative estimate of drug-likeness (QED) is 0.642. The first-order valence-corrected chi connectivity index (χ1v) is 3.85. The van der Waals surface area contributed by atoms with E-state index in [4.69, 9.17) is 10.8 Å².